The third-order valence-corrected chi connectivity index (χ3v) is 4.37. The zero-order valence-corrected chi connectivity index (χ0v) is 11.6. The van der Waals surface area contributed by atoms with E-state index in [-0.39, 0.29) is 0 Å². The third-order valence-electron chi connectivity index (χ3n) is 4.37. The number of likely N-dealkylation sites (tertiary alicyclic amines) is 1. The van der Waals surface area contributed by atoms with Crippen LogP contribution in [0.4, 0.5) is 0 Å². The van der Waals surface area contributed by atoms with Crippen LogP contribution >= 0.6 is 0 Å². The normalized spacial score (nSPS) is 28.1. The summed E-state index contributed by atoms with van der Waals surface area (Å²) in [4.78, 5) is 2.24. The Bertz CT molecular complexity index is 577. The standard InChI is InChI=1S/C17H21NO/c1-13-10-17(19,12-18(13)2)11-15-8-5-7-14-6-3-4-9-16(14)15/h3-9,13,19H,10-12H2,1-2H3. The summed E-state index contributed by atoms with van der Waals surface area (Å²) >= 11 is 0. The number of hydrogen-bond acceptors (Lipinski definition) is 2. The third kappa shape index (κ3) is 2.38. The van der Waals surface area contributed by atoms with Crippen LogP contribution in [-0.2, 0) is 6.42 Å². The van der Waals surface area contributed by atoms with Gasteiger partial charge in [0.25, 0.3) is 0 Å². The van der Waals surface area contributed by atoms with Crippen LogP contribution in [-0.4, -0.2) is 35.2 Å². The van der Waals surface area contributed by atoms with Crippen molar-refractivity contribution in [1.82, 2.24) is 4.90 Å². The van der Waals surface area contributed by atoms with Gasteiger partial charge in [-0.2, -0.15) is 0 Å². The monoisotopic (exact) mass is 255 g/mol. The van der Waals surface area contributed by atoms with Crippen molar-refractivity contribution in [2.24, 2.45) is 0 Å². The molecule has 2 heteroatoms. The summed E-state index contributed by atoms with van der Waals surface area (Å²) in [5.41, 5.74) is 0.668. The molecule has 2 unspecified atom stereocenters. The first-order chi connectivity index (χ1) is 9.07. The Morgan fingerprint density at radius 2 is 1.95 bits per heavy atom. The predicted octanol–water partition coefficient (Wildman–Crippen LogP) is 2.84. The predicted molar refractivity (Wildman–Crippen MR) is 79.3 cm³/mol. The van der Waals surface area contributed by atoms with Crippen LogP contribution in [0.2, 0.25) is 0 Å². The highest BCUT2D eigenvalue weighted by molar-refractivity contribution is 5.85. The number of nitrogens with zero attached hydrogens (tertiary/aromatic N) is 1. The Hall–Kier alpha value is -1.38. The van der Waals surface area contributed by atoms with Gasteiger partial charge < -0.3 is 10.0 Å². The van der Waals surface area contributed by atoms with Gasteiger partial charge in [0.2, 0.25) is 0 Å². The van der Waals surface area contributed by atoms with Gasteiger partial charge in [0.15, 0.2) is 0 Å². The maximum atomic E-state index is 10.8. The van der Waals surface area contributed by atoms with E-state index in [1.54, 1.807) is 0 Å². The lowest BCUT2D eigenvalue weighted by atomic mass is 9.89. The number of β-amino-alcohol motifs (C(OH)–C–C–N with tert-alkyl or cyclic N) is 1. The van der Waals surface area contributed by atoms with Gasteiger partial charge in [-0.15, -0.1) is 0 Å². The number of benzene rings is 2. The molecule has 100 valence electrons. The molecular formula is C17H21NO. The highest BCUT2D eigenvalue weighted by atomic mass is 16.3. The maximum absolute atomic E-state index is 10.8. The zero-order chi connectivity index (χ0) is 13.5. The molecule has 1 fully saturated rings. The van der Waals surface area contributed by atoms with E-state index < -0.39 is 5.60 Å². The summed E-state index contributed by atoms with van der Waals surface area (Å²) in [5.74, 6) is 0. The van der Waals surface area contributed by atoms with Crippen molar-refractivity contribution in [1.29, 1.82) is 0 Å². The van der Waals surface area contributed by atoms with E-state index in [1.807, 2.05) is 0 Å². The molecule has 3 rings (SSSR count). The molecule has 19 heavy (non-hydrogen) atoms. The van der Waals surface area contributed by atoms with Gasteiger partial charge in [-0.3, -0.25) is 0 Å². The minimum absolute atomic E-state index is 0.458. The maximum Gasteiger partial charge on any atom is 0.0829 e. The molecule has 0 bridgehead atoms. The molecular weight excluding hydrogens is 234 g/mol. The van der Waals surface area contributed by atoms with Crippen molar-refractivity contribution in [3.8, 4) is 0 Å². The van der Waals surface area contributed by atoms with Gasteiger partial charge in [-0.1, -0.05) is 42.5 Å². The highest BCUT2D eigenvalue weighted by Crippen LogP contribution is 2.31. The van der Waals surface area contributed by atoms with E-state index in [4.69, 9.17) is 0 Å². The fourth-order valence-electron chi connectivity index (χ4n) is 3.32. The minimum Gasteiger partial charge on any atom is -0.388 e. The molecule has 1 aliphatic heterocycles. The molecule has 1 N–H and O–H groups in total. The Kier molecular flexibility index (Phi) is 3.08. The van der Waals surface area contributed by atoms with Crippen molar-refractivity contribution in [3.05, 3.63) is 48.0 Å². The van der Waals surface area contributed by atoms with Gasteiger partial charge in [0.1, 0.15) is 0 Å². The smallest absolute Gasteiger partial charge is 0.0829 e. The van der Waals surface area contributed by atoms with Gasteiger partial charge in [0, 0.05) is 19.0 Å². The van der Waals surface area contributed by atoms with Crippen molar-refractivity contribution in [2.45, 2.75) is 31.4 Å². The SMILES string of the molecule is CC1CC(O)(Cc2cccc3ccccc23)CN1C. The van der Waals surface area contributed by atoms with Crippen LogP contribution in [0.5, 0.6) is 0 Å². The van der Waals surface area contributed by atoms with E-state index in [2.05, 4.69) is 61.3 Å². The lowest BCUT2D eigenvalue weighted by Gasteiger charge is -2.23. The Labute approximate surface area is 114 Å². The lowest BCUT2D eigenvalue weighted by Crippen LogP contribution is -2.34. The van der Waals surface area contributed by atoms with Crippen LogP contribution in [0.15, 0.2) is 42.5 Å². The summed E-state index contributed by atoms with van der Waals surface area (Å²) < 4.78 is 0. The molecule has 2 aromatic rings. The van der Waals surface area contributed by atoms with E-state index in [1.165, 1.54) is 16.3 Å². The molecule has 2 nitrogen and oxygen atoms in total. The average Bonchev–Trinajstić information content (AvgIpc) is 2.63. The number of aliphatic hydroxyl groups is 1. The molecule has 0 aliphatic carbocycles. The summed E-state index contributed by atoms with van der Waals surface area (Å²) in [7, 11) is 2.09. The van der Waals surface area contributed by atoms with Crippen LogP contribution in [0.3, 0.4) is 0 Å². The molecule has 1 saturated heterocycles. The first-order valence-electron chi connectivity index (χ1n) is 6.97. The molecule has 0 radical (unpaired) electrons. The number of rotatable bonds is 2. The Balaban J connectivity index is 1.94. The van der Waals surface area contributed by atoms with Crippen LogP contribution in [0.1, 0.15) is 18.9 Å². The molecule has 1 aliphatic rings. The van der Waals surface area contributed by atoms with Crippen molar-refractivity contribution >= 4 is 10.8 Å². The fourth-order valence-corrected chi connectivity index (χ4v) is 3.32. The number of hydrogen-bond donors (Lipinski definition) is 1. The summed E-state index contributed by atoms with van der Waals surface area (Å²) in [6, 6.07) is 15.2. The number of likely N-dealkylation sites (N-methyl/N-ethyl adjacent to an activating group) is 1. The van der Waals surface area contributed by atoms with E-state index >= 15 is 0 Å². The van der Waals surface area contributed by atoms with Crippen LogP contribution in [0.25, 0.3) is 10.8 Å². The Morgan fingerprint density at radius 1 is 1.21 bits per heavy atom. The topological polar surface area (TPSA) is 23.5 Å². The summed E-state index contributed by atoms with van der Waals surface area (Å²) in [5, 5.41) is 13.3. The van der Waals surface area contributed by atoms with Crippen molar-refractivity contribution < 1.29 is 5.11 Å². The second-order valence-electron chi connectivity index (χ2n) is 6.01. The fraction of sp³-hybridized carbons (Fsp3) is 0.412. The van der Waals surface area contributed by atoms with Gasteiger partial charge >= 0.3 is 0 Å². The van der Waals surface area contributed by atoms with Crippen molar-refractivity contribution in [3.63, 3.8) is 0 Å². The van der Waals surface area contributed by atoms with Crippen LogP contribution < -0.4 is 0 Å². The minimum atomic E-state index is -0.585. The average molecular weight is 255 g/mol. The van der Waals surface area contributed by atoms with E-state index in [0.29, 0.717) is 6.04 Å². The van der Waals surface area contributed by atoms with Gasteiger partial charge in [-0.25, -0.2) is 0 Å². The second kappa shape index (κ2) is 4.62. The highest BCUT2D eigenvalue weighted by Gasteiger charge is 2.38. The van der Waals surface area contributed by atoms with E-state index in [9.17, 15) is 5.11 Å². The quantitative estimate of drug-likeness (QED) is 0.892. The first kappa shape index (κ1) is 12.6. The van der Waals surface area contributed by atoms with Gasteiger partial charge in [-0.05, 0) is 36.7 Å². The first-order valence-corrected chi connectivity index (χ1v) is 6.97. The summed E-state index contributed by atoms with van der Waals surface area (Å²) in [6.45, 7) is 2.94. The van der Waals surface area contributed by atoms with Crippen LogP contribution in [0, 0.1) is 0 Å². The van der Waals surface area contributed by atoms with Crippen molar-refractivity contribution in [2.75, 3.05) is 13.6 Å². The molecule has 1 heterocycles. The second-order valence-corrected chi connectivity index (χ2v) is 6.01. The van der Waals surface area contributed by atoms with Gasteiger partial charge in [0.05, 0.1) is 5.60 Å². The largest absolute Gasteiger partial charge is 0.388 e. The summed E-state index contributed by atoms with van der Waals surface area (Å²) in [6.07, 6.45) is 1.59. The zero-order valence-electron chi connectivity index (χ0n) is 11.6. The molecule has 0 aromatic heterocycles. The molecule has 0 saturated carbocycles. The molecule has 0 amide bonds. The molecule has 2 atom stereocenters. The molecule has 2 aromatic carbocycles. The number of fused-ring (bicyclic) bond motifs is 1. The lowest BCUT2D eigenvalue weighted by molar-refractivity contribution is 0.0524. The molecule has 0 spiro atoms. The van der Waals surface area contributed by atoms with E-state index in [0.717, 1.165) is 19.4 Å². The Morgan fingerprint density at radius 3 is 2.68 bits per heavy atom.